The van der Waals surface area contributed by atoms with Gasteiger partial charge in [-0.25, -0.2) is 0 Å². The molecule has 0 spiro atoms. The SMILES string of the molecule is O=C(NCCN1CCOCC1)c1ccc(-c2cc3ccccc3s2)cc1. The number of hydrogen-bond donors (Lipinski definition) is 1. The Balaban J connectivity index is 1.36. The molecule has 3 aromatic rings. The number of rotatable bonds is 5. The van der Waals surface area contributed by atoms with Crippen molar-refractivity contribution >= 4 is 27.3 Å². The van der Waals surface area contributed by atoms with Crippen LogP contribution < -0.4 is 5.32 Å². The number of ether oxygens (including phenoxy) is 1. The molecule has 4 nitrogen and oxygen atoms in total. The van der Waals surface area contributed by atoms with Crippen LogP contribution in [0.15, 0.2) is 54.6 Å². The van der Waals surface area contributed by atoms with Crippen molar-refractivity contribution in [2.45, 2.75) is 0 Å². The van der Waals surface area contributed by atoms with Gasteiger partial charge in [-0.1, -0.05) is 30.3 Å². The van der Waals surface area contributed by atoms with Crippen molar-refractivity contribution in [1.82, 2.24) is 10.2 Å². The summed E-state index contributed by atoms with van der Waals surface area (Å²) in [6, 6.07) is 18.5. The Labute approximate surface area is 157 Å². The summed E-state index contributed by atoms with van der Waals surface area (Å²) in [6.07, 6.45) is 0. The zero-order valence-corrected chi connectivity index (χ0v) is 15.4. The van der Waals surface area contributed by atoms with Gasteiger partial charge < -0.3 is 10.1 Å². The summed E-state index contributed by atoms with van der Waals surface area (Å²) in [7, 11) is 0. The van der Waals surface area contributed by atoms with Crippen LogP contribution in [0.2, 0.25) is 0 Å². The number of fused-ring (bicyclic) bond motifs is 1. The molecule has 1 saturated heterocycles. The average Bonchev–Trinajstić information content (AvgIpc) is 3.13. The molecule has 0 bridgehead atoms. The van der Waals surface area contributed by atoms with E-state index < -0.39 is 0 Å². The van der Waals surface area contributed by atoms with Crippen LogP contribution in [0, 0.1) is 0 Å². The van der Waals surface area contributed by atoms with Crippen LogP contribution >= 0.6 is 11.3 Å². The molecule has 2 heterocycles. The summed E-state index contributed by atoms with van der Waals surface area (Å²) in [6.45, 7) is 4.99. The summed E-state index contributed by atoms with van der Waals surface area (Å²) >= 11 is 1.78. The highest BCUT2D eigenvalue weighted by atomic mass is 32.1. The second-order valence-electron chi connectivity index (χ2n) is 6.44. The summed E-state index contributed by atoms with van der Waals surface area (Å²) in [4.78, 5) is 15.9. The van der Waals surface area contributed by atoms with Crippen molar-refractivity contribution < 1.29 is 9.53 Å². The predicted octanol–water partition coefficient (Wildman–Crippen LogP) is 3.63. The van der Waals surface area contributed by atoms with Gasteiger partial charge in [-0.15, -0.1) is 11.3 Å². The Morgan fingerprint density at radius 1 is 1.08 bits per heavy atom. The third kappa shape index (κ3) is 3.96. The average molecular weight is 366 g/mol. The number of hydrogen-bond acceptors (Lipinski definition) is 4. The number of benzene rings is 2. The fourth-order valence-corrected chi connectivity index (χ4v) is 4.23. The van der Waals surface area contributed by atoms with Crippen molar-refractivity contribution in [3.63, 3.8) is 0 Å². The van der Waals surface area contributed by atoms with Gasteiger partial charge in [0, 0.05) is 41.3 Å². The largest absolute Gasteiger partial charge is 0.379 e. The fourth-order valence-electron chi connectivity index (χ4n) is 3.16. The number of carbonyl (C=O) groups excluding carboxylic acids is 1. The number of nitrogens with zero attached hydrogens (tertiary/aromatic N) is 1. The summed E-state index contributed by atoms with van der Waals surface area (Å²) < 4.78 is 6.62. The van der Waals surface area contributed by atoms with E-state index in [0.29, 0.717) is 12.1 Å². The third-order valence-corrected chi connectivity index (χ3v) is 5.84. The van der Waals surface area contributed by atoms with E-state index in [1.54, 1.807) is 11.3 Å². The maximum Gasteiger partial charge on any atom is 0.251 e. The van der Waals surface area contributed by atoms with Crippen molar-refractivity contribution in [3.05, 3.63) is 60.2 Å². The highest BCUT2D eigenvalue weighted by Gasteiger charge is 2.11. The topological polar surface area (TPSA) is 41.6 Å². The Morgan fingerprint density at radius 3 is 2.62 bits per heavy atom. The first-order chi connectivity index (χ1) is 12.8. The normalized spacial score (nSPS) is 15.2. The second-order valence-corrected chi connectivity index (χ2v) is 7.52. The molecule has 2 aromatic carbocycles. The highest BCUT2D eigenvalue weighted by Crippen LogP contribution is 2.33. The quantitative estimate of drug-likeness (QED) is 0.750. The molecule has 1 aromatic heterocycles. The van der Waals surface area contributed by atoms with Crippen molar-refractivity contribution in [2.75, 3.05) is 39.4 Å². The van der Waals surface area contributed by atoms with E-state index in [1.165, 1.54) is 15.0 Å². The molecule has 1 amide bonds. The molecule has 0 radical (unpaired) electrons. The molecule has 26 heavy (non-hydrogen) atoms. The molecule has 4 rings (SSSR count). The lowest BCUT2D eigenvalue weighted by atomic mass is 10.1. The van der Waals surface area contributed by atoms with Crippen molar-refractivity contribution in [2.24, 2.45) is 0 Å². The number of thiophene rings is 1. The second kappa shape index (κ2) is 7.99. The van der Waals surface area contributed by atoms with E-state index in [2.05, 4.69) is 40.5 Å². The van der Waals surface area contributed by atoms with Gasteiger partial charge in [0.25, 0.3) is 5.91 Å². The van der Waals surface area contributed by atoms with Gasteiger partial charge in [0.15, 0.2) is 0 Å². The molecule has 1 aliphatic rings. The minimum atomic E-state index is -0.0128. The summed E-state index contributed by atoms with van der Waals surface area (Å²) in [5.74, 6) is -0.0128. The van der Waals surface area contributed by atoms with Gasteiger partial charge in [-0.3, -0.25) is 9.69 Å². The third-order valence-electron chi connectivity index (χ3n) is 4.67. The molecule has 134 valence electrons. The van der Waals surface area contributed by atoms with Crippen LogP contribution in [0.1, 0.15) is 10.4 Å². The monoisotopic (exact) mass is 366 g/mol. The Morgan fingerprint density at radius 2 is 1.85 bits per heavy atom. The van der Waals surface area contributed by atoms with E-state index in [-0.39, 0.29) is 5.91 Å². The van der Waals surface area contributed by atoms with Crippen molar-refractivity contribution in [1.29, 1.82) is 0 Å². The van der Waals surface area contributed by atoms with Crippen LogP contribution in [0.3, 0.4) is 0 Å². The molecular formula is C21H22N2O2S. The minimum Gasteiger partial charge on any atom is -0.379 e. The van der Waals surface area contributed by atoms with Crippen LogP contribution in [-0.2, 0) is 4.74 Å². The van der Waals surface area contributed by atoms with Gasteiger partial charge in [-0.05, 0) is 35.2 Å². The lowest BCUT2D eigenvalue weighted by molar-refractivity contribution is 0.0383. The zero-order chi connectivity index (χ0) is 17.8. The molecule has 0 aliphatic carbocycles. The van der Waals surface area contributed by atoms with Gasteiger partial charge in [0.2, 0.25) is 0 Å². The maximum absolute atomic E-state index is 12.3. The molecule has 1 fully saturated rings. The number of morpholine rings is 1. The molecule has 5 heteroatoms. The van der Waals surface area contributed by atoms with E-state index >= 15 is 0 Å². The van der Waals surface area contributed by atoms with Gasteiger partial charge in [0.1, 0.15) is 0 Å². The van der Waals surface area contributed by atoms with Gasteiger partial charge >= 0.3 is 0 Å². The molecule has 1 N–H and O–H groups in total. The number of carbonyl (C=O) groups is 1. The van der Waals surface area contributed by atoms with E-state index in [0.717, 1.165) is 38.4 Å². The molecule has 0 unspecified atom stereocenters. The molecular weight excluding hydrogens is 344 g/mol. The van der Waals surface area contributed by atoms with Crippen LogP contribution in [0.25, 0.3) is 20.5 Å². The van der Waals surface area contributed by atoms with E-state index in [1.807, 2.05) is 24.3 Å². The first-order valence-electron chi connectivity index (χ1n) is 8.97. The number of amides is 1. The van der Waals surface area contributed by atoms with Crippen LogP contribution in [0.5, 0.6) is 0 Å². The zero-order valence-electron chi connectivity index (χ0n) is 14.6. The van der Waals surface area contributed by atoms with Crippen LogP contribution in [-0.4, -0.2) is 50.2 Å². The minimum absolute atomic E-state index is 0.0128. The van der Waals surface area contributed by atoms with Gasteiger partial charge in [-0.2, -0.15) is 0 Å². The fraction of sp³-hybridized carbons (Fsp3) is 0.286. The molecule has 1 aliphatic heterocycles. The lowest BCUT2D eigenvalue weighted by Gasteiger charge is -2.26. The van der Waals surface area contributed by atoms with Crippen molar-refractivity contribution in [3.8, 4) is 10.4 Å². The first kappa shape index (κ1) is 17.2. The highest BCUT2D eigenvalue weighted by molar-refractivity contribution is 7.22. The lowest BCUT2D eigenvalue weighted by Crippen LogP contribution is -2.41. The van der Waals surface area contributed by atoms with Crippen LogP contribution in [0.4, 0.5) is 0 Å². The molecule has 0 saturated carbocycles. The van der Waals surface area contributed by atoms with Gasteiger partial charge in [0.05, 0.1) is 13.2 Å². The summed E-state index contributed by atoms with van der Waals surface area (Å²) in [5.41, 5.74) is 1.85. The predicted molar refractivity (Wildman–Crippen MR) is 107 cm³/mol. The molecule has 0 atom stereocenters. The number of nitrogens with one attached hydrogen (secondary N) is 1. The standard InChI is InChI=1S/C21H22N2O2S/c24-21(22-9-10-23-11-13-25-14-12-23)17-7-5-16(6-8-17)20-15-18-3-1-2-4-19(18)26-20/h1-8,15H,9-14H2,(H,22,24). The Hall–Kier alpha value is -2.21. The Kier molecular flexibility index (Phi) is 5.29. The Bertz CT molecular complexity index is 849. The smallest absolute Gasteiger partial charge is 0.251 e. The van der Waals surface area contributed by atoms with E-state index in [9.17, 15) is 4.79 Å². The summed E-state index contributed by atoms with van der Waals surface area (Å²) in [5, 5.41) is 4.27. The maximum atomic E-state index is 12.3. The van der Waals surface area contributed by atoms with E-state index in [4.69, 9.17) is 4.74 Å². The first-order valence-corrected chi connectivity index (χ1v) is 9.78.